The molecule has 8 heteroatoms. The van der Waals surface area contributed by atoms with E-state index in [1.165, 1.54) is 12.7 Å². The molecule has 3 heterocycles. The lowest BCUT2D eigenvalue weighted by atomic mass is 10.0. The Morgan fingerprint density at radius 1 is 0.680 bits per heavy atom. The van der Waals surface area contributed by atoms with Crippen LogP contribution in [0.25, 0.3) is 44.9 Å². The summed E-state index contributed by atoms with van der Waals surface area (Å²) in [5.41, 5.74) is 4.74. The number of hydrogen-bond acceptors (Lipinski definition) is 5. The summed E-state index contributed by atoms with van der Waals surface area (Å²) in [6.45, 7) is 0. The fraction of sp³-hybridized carbons (Fsp3) is 0. The Bertz CT molecular complexity index is 1140. The molecule has 0 bridgehead atoms. The number of fused-ring (bicyclic) bond motifs is 1. The van der Waals surface area contributed by atoms with Crippen molar-refractivity contribution in [2.75, 3.05) is 0 Å². The Balaban J connectivity index is 1.66. The molecule has 5 rings (SSSR count). The number of benzene rings is 2. The van der Waals surface area contributed by atoms with Crippen LogP contribution in [0.15, 0.2) is 55.1 Å². The molecule has 3 aromatic heterocycles. The van der Waals surface area contributed by atoms with E-state index in [1.54, 1.807) is 0 Å². The van der Waals surface area contributed by atoms with Gasteiger partial charge in [-0.3, -0.25) is 15.3 Å². The molecule has 8 nitrogen and oxygen atoms in total. The van der Waals surface area contributed by atoms with Crippen molar-refractivity contribution in [3.8, 4) is 34.0 Å². The molecule has 0 aliphatic rings. The monoisotopic (exact) mass is 328 g/mol. The van der Waals surface area contributed by atoms with Crippen molar-refractivity contribution in [1.82, 2.24) is 40.6 Å². The summed E-state index contributed by atoms with van der Waals surface area (Å²) in [6, 6.07) is 14.1. The molecule has 2 aromatic carbocycles. The number of H-pyrrole nitrogens is 3. The maximum Gasteiger partial charge on any atom is 0.155 e. The average Bonchev–Trinajstić information content (AvgIpc) is 3.42. The average molecular weight is 328 g/mol. The van der Waals surface area contributed by atoms with Crippen LogP contribution in [-0.4, -0.2) is 40.6 Å². The van der Waals surface area contributed by atoms with E-state index in [9.17, 15) is 0 Å². The van der Waals surface area contributed by atoms with Crippen LogP contribution in [0, 0.1) is 0 Å². The van der Waals surface area contributed by atoms with Crippen molar-refractivity contribution in [2.45, 2.75) is 0 Å². The maximum absolute atomic E-state index is 4.49. The van der Waals surface area contributed by atoms with E-state index in [-0.39, 0.29) is 0 Å². The normalized spacial score (nSPS) is 11.2. The van der Waals surface area contributed by atoms with Gasteiger partial charge < -0.3 is 0 Å². The smallest absolute Gasteiger partial charge is 0.155 e. The first kappa shape index (κ1) is 13.6. The van der Waals surface area contributed by atoms with Gasteiger partial charge in [0.05, 0.1) is 11.2 Å². The molecule has 0 aliphatic heterocycles. The zero-order valence-corrected chi connectivity index (χ0v) is 12.9. The Morgan fingerprint density at radius 2 is 1.40 bits per heavy atom. The van der Waals surface area contributed by atoms with Crippen molar-refractivity contribution >= 4 is 10.9 Å². The summed E-state index contributed by atoms with van der Waals surface area (Å²) in [7, 11) is 0. The Morgan fingerprint density at radius 3 is 2.12 bits per heavy atom. The second-order valence-electron chi connectivity index (χ2n) is 5.58. The molecule has 0 fully saturated rings. The molecule has 0 unspecified atom stereocenters. The van der Waals surface area contributed by atoms with E-state index < -0.39 is 0 Å². The third-order valence-electron chi connectivity index (χ3n) is 4.08. The quantitative estimate of drug-likeness (QED) is 0.471. The van der Waals surface area contributed by atoms with Gasteiger partial charge in [-0.25, -0.2) is 9.97 Å². The summed E-state index contributed by atoms with van der Waals surface area (Å²) in [6.07, 6.45) is 2.99. The Labute approximate surface area is 141 Å². The first-order valence-corrected chi connectivity index (χ1v) is 7.68. The van der Waals surface area contributed by atoms with Gasteiger partial charge in [0.2, 0.25) is 0 Å². The van der Waals surface area contributed by atoms with Crippen LogP contribution in [0.3, 0.4) is 0 Å². The number of aromatic amines is 3. The molecule has 0 saturated carbocycles. The van der Waals surface area contributed by atoms with E-state index in [0.29, 0.717) is 0 Å². The van der Waals surface area contributed by atoms with Crippen molar-refractivity contribution in [2.24, 2.45) is 0 Å². The molecule has 3 N–H and O–H groups in total. The zero-order valence-electron chi connectivity index (χ0n) is 12.9. The standard InChI is InChI=1S/C17H12N8/c1-2-10(6-11(3-1)16-18-8-20-24-16)15-13-7-12(17-19-9-21-25-17)4-5-14(13)22-23-15/h1-9H,(H,22,23)(H,18,20,24)(H,19,21,25). The van der Waals surface area contributed by atoms with Crippen LogP contribution < -0.4 is 0 Å². The third kappa shape index (κ3) is 2.27. The fourth-order valence-corrected chi connectivity index (χ4v) is 2.88. The molecule has 0 aliphatic carbocycles. The van der Waals surface area contributed by atoms with Gasteiger partial charge in [-0.15, -0.1) is 0 Å². The number of hydrogen-bond donors (Lipinski definition) is 3. The third-order valence-corrected chi connectivity index (χ3v) is 4.08. The zero-order chi connectivity index (χ0) is 16.6. The summed E-state index contributed by atoms with van der Waals surface area (Å²) in [5.74, 6) is 1.45. The Hall–Kier alpha value is -3.81. The van der Waals surface area contributed by atoms with Crippen LogP contribution in [-0.2, 0) is 0 Å². The highest BCUT2D eigenvalue weighted by Crippen LogP contribution is 2.31. The van der Waals surface area contributed by atoms with Crippen LogP contribution >= 0.6 is 0 Å². The van der Waals surface area contributed by atoms with E-state index in [1.807, 2.05) is 36.4 Å². The summed E-state index contributed by atoms with van der Waals surface area (Å²) < 4.78 is 0. The largest absolute Gasteiger partial charge is 0.277 e. The van der Waals surface area contributed by atoms with Crippen molar-refractivity contribution in [1.29, 1.82) is 0 Å². The van der Waals surface area contributed by atoms with Gasteiger partial charge in [-0.1, -0.05) is 18.2 Å². The lowest BCUT2D eigenvalue weighted by Gasteiger charge is -2.02. The minimum absolute atomic E-state index is 0.726. The van der Waals surface area contributed by atoms with E-state index in [4.69, 9.17) is 0 Å². The van der Waals surface area contributed by atoms with E-state index in [0.717, 1.165) is 44.9 Å². The van der Waals surface area contributed by atoms with Crippen molar-refractivity contribution < 1.29 is 0 Å². The summed E-state index contributed by atoms with van der Waals surface area (Å²) in [5, 5.41) is 22.2. The second kappa shape index (κ2) is 5.38. The highest BCUT2D eigenvalue weighted by atomic mass is 15.2. The second-order valence-corrected chi connectivity index (χ2v) is 5.58. The van der Waals surface area contributed by atoms with Gasteiger partial charge in [0.1, 0.15) is 12.7 Å². The molecule has 0 amide bonds. The van der Waals surface area contributed by atoms with Crippen molar-refractivity contribution in [3.05, 3.63) is 55.1 Å². The number of rotatable bonds is 3. The molecular formula is C17H12N8. The molecular weight excluding hydrogens is 316 g/mol. The fourth-order valence-electron chi connectivity index (χ4n) is 2.88. The van der Waals surface area contributed by atoms with Gasteiger partial charge in [0, 0.05) is 22.1 Å². The molecule has 5 aromatic rings. The summed E-state index contributed by atoms with van der Waals surface area (Å²) >= 11 is 0. The topological polar surface area (TPSA) is 112 Å². The molecule has 0 saturated heterocycles. The van der Waals surface area contributed by atoms with Crippen LogP contribution in [0.4, 0.5) is 0 Å². The van der Waals surface area contributed by atoms with Gasteiger partial charge in [-0.05, 0) is 24.3 Å². The first-order valence-electron chi connectivity index (χ1n) is 7.68. The minimum atomic E-state index is 0.726. The Kier molecular flexibility index (Phi) is 2.93. The van der Waals surface area contributed by atoms with Crippen molar-refractivity contribution in [3.63, 3.8) is 0 Å². The minimum Gasteiger partial charge on any atom is -0.277 e. The van der Waals surface area contributed by atoms with Crippen LogP contribution in [0.1, 0.15) is 0 Å². The summed E-state index contributed by atoms with van der Waals surface area (Å²) in [4.78, 5) is 8.42. The van der Waals surface area contributed by atoms with Gasteiger partial charge >= 0.3 is 0 Å². The van der Waals surface area contributed by atoms with Gasteiger partial charge in [-0.2, -0.15) is 15.3 Å². The molecule has 25 heavy (non-hydrogen) atoms. The van der Waals surface area contributed by atoms with Gasteiger partial charge in [0.15, 0.2) is 11.6 Å². The molecule has 0 spiro atoms. The highest BCUT2D eigenvalue weighted by Gasteiger charge is 2.12. The van der Waals surface area contributed by atoms with Crippen LogP contribution in [0.5, 0.6) is 0 Å². The first-order chi connectivity index (χ1) is 12.4. The van der Waals surface area contributed by atoms with E-state index >= 15 is 0 Å². The van der Waals surface area contributed by atoms with E-state index in [2.05, 4.69) is 46.6 Å². The maximum atomic E-state index is 4.49. The SMILES string of the molecule is c1cc(-c2ncn[nH]2)cc(-c2n[nH]c3ccc(-c4ncn[nH]4)cc23)c1. The van der Waals surface area contributed by atoms with Crippen LogP contribution in [0.2, 0.25) is 0 Å². The predicted octanol–water partition coefficient (Wildman–Crippen LogP) is 2.80. The lowest BCUT2D eigenvalue weighted by Crippen LogP contribution is -1.85. The molecule has 0 radical (unpaired) electrons. The predicted molar refractivity (Wildman–Crippen MR) is 92.3 cm³/mol. The number of aromatic nitrogens is 8. The molecule has 0 atom stereocenters. The lowest BCUT2D eigenvalue weighted by molar-refractivity contribution is 1.09. The van der Waals surface area contributed by atoms with Gasteiger partial charge in [0.25, 0.3) is 0 Å². The highest BCUT2D eigenvalue weighted by molar-refractivity contribution is 5.95. The molecule has 120 valence electrons. The number of nitrogens with zero attached hydrogens (tertiary/aromatic N) is 5. The number of nitrogens with one attached hydrogen (secondary N) is 3.